The Hall–Kier alpha value is -2.63. The van der Waals surface area contributed by atoms with Crippen molar-refractivity contribution in [1.82, 2.24) is 15.4 Å². The molecule has 2 amide bonds. The topological polar surface area (TPSA) is 75.4 Å². The zero-order chi connectivity index (χ0) is 15.0. The smallest absolute Gasteiger partial charge is 0.274 e. The van der Waals surface area contributed by atoms with Gasteiger partial charge in [0.2, 0.25) is 5.91 Å². The third kappa shape index (κ3) is 2.29. The molecule has 1 unspecified atom stereocenters. The lowest BCUT2D eigenvalue weighted by atomic mass is 9.95. The second-order valence-corrected chi connectivity index (χ2v) is 5.15. The van der Waals surface area contributed by atoms with Crippen LogP contribution in [0.2, 0.25) is 0 Å². The van der Waals surface area contributed by atoms with E-state index in [0.717, 1.165) is 11.1 Å². The van der Waals surface area contributed by atoms with Crippen LogP contribution in [0.15, 0.2) is 35.1 Å². The first kappa shape index (κ1) is 13.4. The molecule has 6 nitrogen and oxygen atoms in total. The van der Waals surface area contributed by atoms with E-state index in [1.54, 1.807) is 18.9 Å². The van der Waals surface area contributed by atoms with Gasteiger partial charge in [0.1, 0.15) is 12.3 Å². The van der Waals surface area contributed by atoms with Gasteiger partial charge in [-0.1, -0.05) is 29.4 Å². The Morgan fingerprint density at radius 3 is 2.90 bits per heavy atom. The molecule has 1 aromatic heterocycles. The SMILES string of the molecule is Cc1conc1C(=O)NC1C(=O)N(C)Cc2ccccc21. The number of benzene rings is 1. The largest absolute Gasteiger partial charge is 0.364 e. The summed E-state index contributed by atoms with van der Waals surface area (Å²) < 4.78 is 4.77. The number of amides is 2. The fraction of sp³-hybridized carbons (Fsp3) is 0.267. The molecule has 0 spiro atoms. The van der Waals surface area contributed by atoms with Gasteiger partial charge in [-0.3, -0.25) is 9.59 Å². The van der Waals surface area contributed by atoms with E-state index >= 15 is 0 Å². The molecule has 1 N–H and O–H groups in total. The molecular weight excluding hydrogens is 270 g/mol. The van der Waals surface area contributed by atoms with E-state index < -0.39 is 11.9 Å². The number of aryl methyl sites for hydroxylation is 1. The second-order valence-electron chi connectivity index (χ2n) is 5.15. The Labute approximate surface area is 121 Å². The van der Waals surface area contributed by atoms with Crippen LogP contribution in [0.1, 0.15) is 33.2 Å². The van der Waals surface area contributed by atoms with Crippen molar-refractivity contribution in [2.24, 2.45) is 0 Å². The number of nitrogens with one attached hydrogen (secondary N) is 1. The third-order valence-corrected chi connectivity index (χ3v) is 3.63. The summed E-state index contributed by atoms with van der Waals surface area (Å²) in [5, 5.41) is 6.42. The number of aromatic nitrogens is 1. The van der Waals surface area contributed by atoms with Crippen LogP contribution in [-0.2, 0) is 11.3 Å². The molecule has 3 rings (SSSR count). The predicted octanol–water partition coefficient (Wildman–Crippen LogP) is 1.43. The van der Waals surface area contributed by atoms with Crippen molar-refractivity contribution in [2.45, 2.75) is 19.5 Å². The molecule has 0 aliphatic carbocycles. The zero-order valence-electron chi connectivity index (χ0n) is 11.8. The van der Waals surface area contributed by atoms with Crippen LogP contribution in [0.5, 0.6) is 0 Å². The van der Waals surface area contributed by atoms with Crippen LogP contribution in [0.4, 0.5) is 0 Å². The Morgan fingerprint density at radius 1 is 1.43 bits per heavy atom. The minimum Gasteiger partial charge on any atom is -0.364 e. The van der Waals surface area contributed by atoms with Crippen molar-refractivity contribution < 1.29 is 14.1 Å². The van der Waals surface area contributed by atoms with E-state index in [0.29, 0.717) is 12.1 Å². The fourth-order valence-corrected chi connectivity index (χ4v) is 2.49. The lowest BCUT2D eigenvalue weighted by Crippen LogP contribution is -2.44. The van der Waals surface area contributed by atoms with Gasteiger partial charge in [-0.2, -0.15) is 0 Å². The normalized spacial score (nSPS) is 17.5. The van der Waals surface area contributed by atoms with Crippen molar-refractivity contribution in [2.75, 3.05) is 7.05 Å². The average molecular weight is 285 g/mol. The van der Waals surface area contributed by atoms with Gasteiger partial charge in [0.15, 0.2) is 5.69 Å². The van der Waals surface area contributed by atoms with E-state index in [4.69, 9.17) is 4.52 Å². The van der Waals surface area contributed by atoms with Crippen molar-refractivity contribution in [1.29, 1.82) is 0 Å². The molecule has 2 aromatic rings. The van der Waals surface area contributed by atoms with Gasteiger partial charge in [0.25, 0.3) is 5.91 Å². The standard InChI is InChI=1S/C15H15N3O3/c1-9-8-21-17-12(9)14(19)16-13-11-6-4-3-5-10(11)7-18(2)15(13)20/h3-6,8,13H,7H2,1-2H3,(H,16,19). The first-order chi connectivity index (χ1) is 10.1. The summed E-state index contributed by atoms with van der Waals surface area (Å²) in [4.78, 5) is 26.2. The molecule has 108 valence electrons. The predicted molar refractivity (Wildman–Crippen MR) is 74.4 cm³/mol. The van der Waals surface area contributed by atoms with Gasteiger partial charge >= 0.3 is 0 Å². The molecule has 1 aromatic carbocycles. The maximum Gasteiger partial charge on any atom is 0.274 e. The van der Waals surface area contributed by atoms with Gasteiger partial charge in [-0.15, -0.1) is 0 Å². The van der Waals surface area contributed by atoms with Crippen molar-refractivity contribution in [3.63, 3.8) is 0 Å². The van der Waals surface area contributed by atoms with Crippen LogP contribution in [0.3, 0.4) is 0 Å². The maximum absolute atomic E-state index is 12.3. The zero-order valence-corrected chi connectivity index (χ0v) is 11.8. The molecule has 0 radical (unpaired) electrons. The summed E-state index contributed by atoms with van der Waals surface area (Å²) in [6, 6.07) is 6.91. The summed E-state index contributed by atoms with van der Waals surface area (Å²) in [6.45, 7) is 2.28. The van der Waals surface area contributed by atoms with Crippen LogP contribution >= 0.6 is 0 Å². The van der Waals surface area contributed by atoms with E-state index in [1.807, 2.05) is 24.3 Å². The van der Waals surface area contributed by atoms with Crippen molar-refractivity contribution in [3.8, 4) is 0 Å². The number of fused-ring (bicyclic) bond motifs is 1. The van der Waals surface area contributed by atoms with E-state index in [-0.39, 0.29) is 11.6 Å². The lowest BCUT2D eigenvalue weighted by Gasteiger charge is -2.31. The first-order valence-corrected chi connectivity index (χ1v) is 6.62. The highest BCUT2D eigenvalue weighted by molar-refractivity contribution is 5.97. The summed E-state index contributed by atoms with van der Waals surface area (Å²) >= 11 is 0. The number of hydrogen-bond donors (Lipinski definition) is 1. The number of carbonyl (C=O) groups excluding carboxylic acids is 2. The number of rotatable bonds is 2. The summed E-state index contributed by atoms with van der Waals surface area (Å²) in [7, 11) is 1.72. The maximum atomic E-state index is 12.3. The quantitative estimate of drug-likeness (QED) is 0.905. The molecule has 6 heteroatoms. The highest BCUT2D eigenvalue weighted by Crippen LogP contribution is 2.27. The van der Waals surface area contributed by atoms with Crippen LogP contribution in [0.25, 0.3) is 0 Å². The molecule has 0 fully saturated rings. The molecule has 2 heterocycles. The van der Waals surface area contributed by atoms with Gasteiger partial charge < -0.3 is 14.7 Å². The number of carbonyl (C=O) groups is 2. The Kier molecular flexibility index (Phi) is 3.21. The minimum atomic E-state index is -0.691. The molecule has 0 bridgehead atoms. The molecule has 1 aliphatic rings. The molecule has 1 atom stereocenters. The average Bonchev–Trinajstić information content (AvgIpc) is 2.90. The molecule has 1 aliphatic heterocycles. The van der Waals surface area contributed by atoms with Gasteiger partial charge in [-0.05, 0) is 18.1 Å². The molecular formula is C15H15N3O3. The Bertz CT molecular complexity index is 708. The summed E-state index contributed by atoms with van der Waals surface area (Å²) in [5.41, 5.74) is 2.70. The third-order valence-electron chi connectivity index (χ3n) is 3.63. The summed E-state index contributed by atoms with van der Waals surface area (Å²) in [5.74, 6) is -0.548. The fourth-order valence-electron chi connectivity index (χ4n) is 2.49. The van der Waals surface area contributed by atoms with Crippen LogP contribution < -0.4 is 5.32 Å². The number of hydrogen-bond acceptors (Lipinski definition) is 4. The minimum absolute atomic E-state index is 0.136. The number of likely N-dealkylation sites (N-methyl/N-ethyl adjacent to an activating group) is 1. The second kappa shape index (κ2) is 5.05. The Balaban J connectivity index is 1.92. The van der Waals surface area contributed by atoms with Gasteiger partial charge in [-0.25, -0.2) is 0 Å². The first-order valence-electron chi connectivity index (χ1n) is 6.62. The van der Waals surface area contributed by atoms with E-state index in [2.05, 4.69) is 10.5 Å². The molecule has 21 heavy (non-hydrogen) atoms. The summed E-state index contributed by atoms with van der Waals surface area (Å²) in [6.07, 6.45) is 1.40. The molecule has 0 saturated carbocycles. The molecule has 0 saturated heterocycles. The van der Waals surface area contributed by atoms with Gasteiger partial charge in [0.05, 0.1) is 0 Å². The van der Waals surface area contributed by atoms with Crippen molar-refractivity contribution >= 4 is 11.8 Å². The van der Waals surface area contributed by atoms with E-state index in [9.17, 15) is 9.59 Å². The van der Waals surface area contributed by atoms with Crippen molar-refractivity contribution in [3.05, 3.63) is 52.9 Å². The Morgan fingerprint density at radius 2 is 2.19 bits per heavy atom. The lowest BCUT2D eigenvalue weighted by molar-refractivity contribution is -0.133. The van der Waals surface area contributed by atoms with Gasteiger partial charge in [0, 0.05) is 19.2 Å². The highest BCUT2D eigenvalue weighted by Gasteiger charge is 2.33. The number of nitrogens with zero attached hydrogens (tertiary/aromatic N) is 2. The highest BCUT2D eigenvalue weighted by atomic mass is 16.5. The monoisotopic (exact) mass is 285 g/mol. The van der Waals surface area contributed by atoms with Crippen LogP contribution in [-0.4, -0.2) is 28.9 Å². The van der Waals surface area contributed by atoms with E-state index in [1.165, 1.54) is 6.26 Å². The van der Waals surface area contributed by atoms with Crippen LogP contribution in [0, 0.1) is 6.92 Å².